The zero-order valence-corrected chi connectivity index (χ0v) is 12.9. The van der Waals surface area contributed by atoms with Crippen molar-refractivity contribution in [3.8, 4) is 0 Å². The first-order valence-electron chi connectivity index (χ1n) is 6.37. The molecule has 0 saturated carbocycles. The first-order valence-corrected chi connectivity index (χ1v) is 6.88. The van der Waals surface area contributed by atoms with E-state index in [4.69, 9.17) is 0 Å². The van der Waals surface area contributed by atoms with Crippen LogP contribution in [-0.4, -0.2) is 42.7 Å². The van der Waals surface area contributed by atoms with Gasteiger partial charge in [-0.15, -0.1) is 0 Å². The zero-order chi connectivity index (χ0) is 13.6. The third kappa shape index (κ3) is 7.66. The lowest BCUT2D eigenvalue weighted by Gasteiger charge is -2.26. The predicted molar refractivity (Wildman–Crippen MR) is 77.6 cm³/mol. The third-order valence-electron chi connectivity index (χ3n) is 2.59. The smallest absolute Gasteiger partial charge is 0.233 e. The lowest BCUT2D eigenvalue weighted by atomic mass is 10.0. The van der Waals surface area contributed by atoms with Gasteiger partial charge in [-0.3, -0.25) is 4.79 Å². The molecule has 0 aromatic carbocycles. The van der Waals surface area contributed by atoms with E-state index in [0.717, 1.165) is 13.0 Å². The van der Waals surface area contributed by atoms with E-state index in [1.807, 2.05) is 27.9 Å². The number of amides is 1. The van der Waals surface area contributed by atoms with Gasteiger partial charge in [0.2, 0.25) is 5.91 Å². The van der Waals surface area contributed by atoms with E-state index in [1.54, 1.807) is 0 Å². The van der Waals surface area contributed by atoms with Gasteiger partial charge in [-0.05, 0) is 32.4 Å². The summed E-state index contributed by atoms with van der Waals surface area (Å²) in [5, 5.41) is 2.89. The Morgan fingerprint density at radius 3 is 2.12 bits per heavy atom. The monoisotopic (exact) mass is 260 g/mol. The standard InChI is InChI=1S/C13H28N2OS/c1-9(2)7-11(8-15(5)6)14-13(16)12(17)10(3)4/h9-12,17H,7-8H2,1-6H3,(H,14,16). The lowest BCUT2D eigenvalue weighted by molar-refractivity contribution is -0.122. The molecule has 0 aromatic heterocycles. The van der Waals surface area contributed by atoms with Gasteiger partial charge in [-0.2, -0.15) is 12.6 Å². The summed E-state index contributed by atoms with van der Waals surface area (Å²) < 4.78 is 0. The molecule has 0 radical (unpaired) electrons. The minimum Gasteiger partial charge on any atom is -0.351 e. The van der Waals surface area contributed by atoms with Gasteiger partial charge in [-0.25, -0.2) is 0 Å². The fraction of sp³-hybridized carbons (Fsp3) is 0.923. The average molecular weight is 260 g/mol. The van der Waals surface area contributed by atoms with Crippen molar-refractivity contribution in [2.24, 2.45) is 11.8 Å². The van der Waals surface area contributed by atoms with E-state index in [-0.39, 0.29) is 23.1 Å². The molecule has 0 saturated heterocycles. The molecule has 4 heteroatoms. The Morgan fingerprint density at radius 2 is 1.76 bits per heavy atom. The second kappa shape index (κ2) is 7.98. The van der Waals surface area contributed by atoms with E-state index in [2.05, 4.69) is 36.7 Å². The van der Waals surface area contributed by atoms with Crippen LogP contribution in [0.2, 0.25) is 0 Å². The highest BCUT2D eigenvalue weighted by molar-refractivity contribution is 7.81. The van der Waals surface area contributed by atoms with Crippen LogP contribution in [0.25, 0.3) is 0 Å². The Balaban J connectivity index is 4.36. The van der Waals surface area contributed by atoms with E-state index >= 15 is 0 Å². The van der Waals surface area contributed by atoms with Crippen molar-refractivity contribution in [2.75, 3.05) is 20.6 Å². The van der Waals surface area contributed by atoms with Crippen molar-refractivity contribution < 1.29 is 4.79 Å². The topological polar surface area (TPSA) is 32.3 Å². The van der Waals surface area contributed by atoms with Gasteiger partial charge in [0.25, 0.3) is 0 Å². The fourth-order valence-corrected chi connectivity index (χ4v) is 1.85. The molecule has 102 valence electrons. The fourth-order valence-electron chi connectivity index (χ4n) is 1.78. The second-order valence-electron chi connectivity index (χ2n) is 5.79. The van der Waals surface area contributed by atoms with Gasteiger partial charge >= 0.3 is 0 Å². The Hall–Kier alpha value is -0.220. The first kappa shape index (κ1) is 16.8. The van der Waals surface area contributed by atoms with Crippen molar-refractivity contribution in [3.63, 3.8) is 0 Å². The predicted octanol–water partition coefficient (Wildman–Crippen LogP) is 2.03. The van der Waals surface area contributed by atoms with Crippen LogP contribution in [0.1, 0.15) is 34.1 Å². The summed E-state index contributed by atoms with van der Waals surface area (Å²) in [6.45, 7) is 9.26. The molecule has 1 amide bonds. The molecular formula is C13H28N2OS. The van der Waals surface area contributed by atoms with Gasteiger partial charge in [0.05, 0.1) is 5.25 Å². The molecule has 0 rings (SSSR count). The molecule has 0 fully saturated rings. The molecule has 1 N–H and O–H groups in total. The Kier molecular flexibility index (Phi) is 7.88. The van der Waals surface area contributed by atoms with Gasteiger partial charge in [-0.1, -0.05) is 27.7 Å². The summed E-state index contributed by atoms with van der Waals surface area (Å²) in [7, 11) is 4.06. The normalized spacial score (nSPS) is 15.4. The highest BCUT2D eigenvalue weighted by Gasteiger charge is 2.21. The summed E-state index contributed by atoms with van der Waals surface area (Å²) in [4.78, 5) is 14.1. The Morgan fingerprint density at radius 1 is 1.24 bits per heavy atom. The van der Waals surface area contributed by atoms with Crippen LogP contribution in [0.4, 0.5) is 0 Å². The molecule has 0 aliphatic rings. The van der Waals surface area contributed by atoms with E-state index in [1.165, 1.54) is 0 Å². The molecule has 0 aromatic rings. The van der Waals surface area contributed by atoms with Gasteiger partial charge in [0.1, 0.15) is 0 Å². The quantitative estimate of drug-likeness (QED) is 0.687. The minimum atomic E-state index is -0.216. The molecule has 0 bridgehead atoms. The van der Waals surface area contributed by atoms with Crippen LogP contribution < -0.4 is 5.32 Å². The maximum atomic E-state index is 12.0. The number of likely N-dealkylation sites (N-methyl/N-ethyl adjacent to an activating group) is 1. The van der Waals surface area contributed by atoms with Crippen LogP contribution in [0.15, 0.2) is 0 Å². The Labute approximate surface area is 112 Å². The molecule has 0 aliphatic carbocycles. The number of rotatable bonds is 7. The van der Waals surface area contributed by atoms with Crippen LogP contribution in [0, 0.1) is 11.8 Å². The number of carbonyl (C=O) groups excluding carboxylic acids is 1. The maximum Gasteiger partial charge on any atom is 0.233 e. The maximum absolute atomic E-state index is 12.0. The third-order valence-corrected chi connectivity index (χ3v) is 3.42. The summed E-state index contributed by atoms with van der Waals surface area (Å²) in [5.41, 5.74) is 0. The number of nitrogens with zero attached hydrogens (tertiary/aromatic N) is 1. The number of carbonyl (C=O) groups is 1. The molecule has 2 atom stereocenters. The highest BCUT2D eigenvalue weighted by atomic mass is 32.1. The largest absolute Gasteiger partial charge is 0.351 e. The van der Waals surface area contributed by atoms with Gasteiger partial charge in [0, 0.05) is 12.6 Å². The zero-order valence-electron chi connectivity index (χ0n) is 12.0. The van der Waals surface area contributed by atoms with Crippen LogP contribution in [0.3, 0.4) is 0 Å². The van der Waals surface area contributed by atoms with E-state index in [9.17, 15) is 4.79 Å². The van der Waals surface area contributed by atoms with Gasteiger partial charge < -0.3 is 10.2 Å². The van der Waals surface area contributed by atoms with Gasteiger partial charge in [0.15, 0.2) is 0 Å². The number of hydrogen-bond donors (Lipinski definition) is 2. The van der Waals surface area contributed by atoms with Crippen LogP contribution in [0.5, 0.6) is 0 Å². The average Bonchev–Trinajstić information content (AvgIpc) is 2.13. The summed E-state index contributed by atoms with van der Waals surface area (Å²) >= 11 is 4.35. The highest BCUT2D eigenvalue weighted by Crippen LogP contribution is 2.11. The van der Waals surface area contributed by atoms with Crippen LogP contribution >= 0.6 is 12.6 Å². The van der Waals surface area contributed by atoms with Crippen molar-refractivity contribution in [2.45, 2.75) is 45.4 Å². The summed E-state index contributed by atoms with van der Waals surface area (Å²) in [6, 6.07) is 0.214. The molecular weight excluding hydrogens is 232 g/mol. The number of nitrogens with one attached hydrogen (secondary N) is 1. The molecule has 0 spiro atoms. The Bertz CT molecular complexity index is 219. The van der Waals surface area contributed by atoms with Crippen molar-refractivity contribution in [1.29, 1.82) is 0 Å². The molecule has 2 unspecified atom stereocenters. The molecule has 0 aliphatic heterocycles. The van der Waals surface area contributed by atoms with E-state index in [0.29, 0.717) is 5.92 Å². The number of hydrogen-bond acceptors (Lipinski definition) is 3. The SMILES string of the molecule is CC(C)CC(CN(C)C)NC(=O)C(S)C(C)C. The van der Waals surface area contributed by atoms with Crippen molar-refractivity contribution in [3.05, 3.63) is 0 Å². The van der Waals surface area contributed by atoms with Crippen molar-refractivity contribution in [1.82, 2.24) is 10.2 Å². The van der Waals surface area contributed by atoms with Crippen LogP contribution in [-0.2, 0) is 4.79 Å². The summed E-state index contributed by atoms with van der Waals surface area (Å²) in [5.74, 6) is 0.894. The second-order valence-corrected chi connectivity index (χ2v) is 6.34. The first-order chi connectivity index (χ1) is 7.73. The molecule has 0 heterocycles. The number of thiol groups is 1. The minimum absolute atomic E-state index is 0.0517. The van der Waals surface area contributed by atoms with Crippen molar-refractivity contribution >= 4 is 18.5 Å². The van der Waals surface area contributed by atoms with E-state index < -0.39 is 0 Å². The molecule has 3 nitrogen and oxygen atoms in total. The molecule has 17 heavy (non-hydrogen) atoms. The summed E-state index contributed by atoms with van der Waals surface area (Å²) in [6.07, 6.45) is 1.00. The lowest BCUT2D eigenvalue weighted by Crippen LogP contribution is -2.46.